The first-order valence-corrected chi connectivity index (χ1v) is 13.7. The highest BCUT2D eigenvalue weighted by Gasteiger charge is 2.27. The minimum absolute atomic E-state index is 0.0136. The summed E-state index contributed by atoms with van der Waals surface area (Å²) in [5, 5.41) is 2.93. The number of sulfonamides is 1. The summed E-state index contributed by atoms with van der Waals surface area (Å²) in [4.78, 5) is 27.6. The van der Waals surface area contributed by atoms with Crippen LogP contribution in [0.4, 0.5) is 10.1 Å². The largest absolute Gasteiger partial charge is 0.352 e. The Kier molecular flexibility index (Phi) is 10.2. The number of nitrogens with one attached hydrogen (secondary N) is 1. The van der Waals surface area contributed by atoms with Crippen molar-refractivity contribution < 1.29 is 22.4 Å². The molecule has 0 saturated carbocycles. The van der Waals surface area contributed by atoms with E-state index < -0.39 is 21.9 Å². The highest BCUT2D eigenvalue weighted by atomic mass is 32.2. The molecule has 0 aliphatic rings. The van der Waals surface area contributed by atoms with Crippen molar-refractivity contribution in [2.75, 3.05) is 17.1 Å². The normalized spacial score (nSPS) is 13.1. The van der Waals surface area contributed by atoms with Gasteiger partial charge in [0, 0.05) is 25.6 Å². The van der Waals surface area contributed by atoms with E-state index in [1.165, 1.54) is 29.2 Å². The van der Waals surface area contributed by atoms with E-state index in [-0.39, 0.29) is 43.8 Å². The Morgan fingerprint density at radius 1 is 1.03 bits per heavy atom. The second-order valence-corrected chi connectivity index (χ2v) is 10.8. The van der Waals surface area contributed by atoms with E-state index in [1.54, 1.807) is 6.92 Å². The number of amides is 2. The quantitative estimate of drug-likeness (QED) is 0.472. The lowest BCUT2D eigenvalue weighted by Crippen LogP contribution is -2.49. The molecule has 2 unspecified atom stereocenters. The van der Waals surface area contributed by atoms with Crippen LogP contribution in [-0.2, 0) is 26.2 Å². The lowest BCUT2D eigenvalue weighted by atomic mass is 10.1. The predicted octanol–water partition coefficient (Wildman–Crippen LogP) is 4.01. The highest BCUT2D eigenvalue weighted by Crippen LogP contribution is 2.20. The Balaban J connectivity index is 2.15. The summed E-state index contributed by atoms with van der Waals surface area (Å²) in [6.45, 7) is 7.88. The fraction of sp³-hybridized carbons (Fsp3) is 0.462. The molecule has 2 aromatic carbocycles. The van der Waals surface area contributed by atoms with Crippen LogP contribution in [0, 0.1) is 12.7 Å². The second kappa shape index (κ2) is 12.7. The summed E-state index contributed by atoms with van der Waals surface area (Å²) in [6, 6.07) is 12.2. The summed E-state index contributed by atoms with van der Waals surface area (Å²) >= 11 is 0. The third kappa shape index (κ3) is 8.65. The number of carbonyl (C=O) groups is 2. The average molecular weight is 506 g/mol. The molecule has 0 aliphatic carbocycles. The number of hydrogen-bond donors (Lipinski definition) is 1. The fourth-order valence-corrected chi connectivity index (χ4v) is 4.51. The van der Waals surface area contributed by atoms with Crippen LogP contribution in [0.15, 0.2) is 48.5 Å². The maximum atomic E-state index is 13.3. The van der Waals surface area contributed by atoms with E-state index in [0.29, 0.717) is 5.69 Å². The molecule has 0 spiro atoms. The number of benzene rings is 2. The van der Waals surface area contributed by atoms with Gasteiger partial charge >= 0.3 is 0 Å². The maximum absolute atomic E-state index is 13.3. The van der Waals surface area contributed by atoms with E-state index in [0.717, 1.165) is 28.1 Å². The molecule has 192 valence electrons. The molecule has 2 amide bonds. The zero-order valence-corrected chi connectivity index (χ0v) is 21.9. The lowest BCUT2D eigenvalue weighted by Gasteiger charge is -2.30. The van der Waals surface area contributed by atoms with Crippen molar-refractivity contribution in [1.29, 1.82) is 0 Å². The smallest absolute Gasteiger partial charge is 0.242 e. The van der Waals surface area contributed by atoms with Gasteiger partial charge in [0.1, 0.15) is 11.9 Å². The lowest BCUT2D eigenvalue weighted by molar-refractivity contribution is -0.140. The molecule has 0 saturated heterocycles. The molecule has 9 heteroatoms. The summed E-state index contributed by atoms with van der Waals surface area (Å²) < 4.78 is 39.1. The van der Waals surface area contributed by atoms with Gasteiger partial charge in [-0.15, -0.1) is 0 Å². The van der Waals surface area contributed by atoms with Crippen LogP contribution in [0.3, 0.4) is 0 Å². The van der Waals surface area contributed by atoms with Crippen LogP contribution in [0.1, 0.15) is 51.2 Å². The Morgan fingerprint density at radius 3 is 2.17 bits per heavy atom. The molecule has 35 heavy (non-hydrogen) atoms. The standard InChI is InChI=1S/C26H36FN3O4S/c1-6-20(3)28-26(32)21(4)29(18-22-11-9-19(2)10-12-22)25(31)8-7-17-30(35(5,33)34)24-15-13-23(27)14-16-24/h9-16,20-21H,6-8,17-18H2,1-5H3,(H,28,32). The van der Waals surface area contributed by atoms with Gasteiger partial charge in [0.05, 0.1) is 11.9 Å². The summed E-state index contributed by atoms with van der Waals surface area (Å²) in [6.07, 6.45) is 2.14. The zero-order valence-electron chi connectivity index (χ0n) is 21.1. The minimum Gasteiger partial charge on any atom is -0.352 e. The van der Waals surface area contributed by atoms with E-state index >= 15 is 0 Å². The summed E-state index contributed by atoms with van der Waals surface area (Å²) in [5.74, 6) is -0.942. The SMILES string of the molecule is CCC(C)NC(=O)C(C)N(Cc1ccc(C)cc1)C(=O)CCCN(c1ccc(F)cc1)S(C)(=O)=O. The van der Waals surface area contributed by atoms with Crippen LogP contribution in [0.5, 0.6) is 0 Å². The highest BCUT2D eigenvalue weighted by molar-refractivity contribution is 7.92. The Hall–Kier alpha value is -2.94. The predicted molar refractivity (Wildman–Crippen MR) is 137 cm³/mol. The molecule has 0 aliphatic heterocycles. The van der Waals surface area contributed by atoms with Gasteiger partial charge in [-0.2, -0.15) is 0 Å². The second-order valence-electron chi connectivity index (χ2n) is 8.92. The Labute approximate surface area is 208 Å². The third-order valence-electron chi connectivity index (χ3n) is 5.91. The molecule has 7 nitrogen and oxygen atoms in total. The minimum atomic E-state index is -3.63. The number of anilines is 1. The molecule has 1 N–H and O–H groups in total. The molecule has 0 heterocycles. The van der Waals surface area contributed by atoms with E-state index in [2.05, 4.69) is 5.32 Å². The van der Waals surface area contributed by atoms with Crippen molar-refractivity contribution >= 4 is 27.5 Å². The number of hydrogen-bond acceptors (Lipinski definition) is 4. The van der Waals surface area contributed by atoms with Crippen LogP contribution in [0.2, 0.25) is 0 Å². The molecule has 2 atom stereocenters. The maximum Gasteiger partial charge on any atom is 0.242 e. The van der Waals surface area contributed by atoms with Gasteiger partial charge < -0.3 is 10.2 Å². The van der Waals surface area contributed by atoms with Crippen molar-refractivity contribution in [2.24, 2.45) is 0 Å². The number of aryl methyl sites for hydroxylation is 1. The molecular weight excluding hydrogens is 469 g/mol. The van der Waals surface area contributed by atoms with E-state index in [9.17, 15) is 22.4 Å². The van der Waals surface area contributed by atoms with Gasteiger partial charge in [-0.25, -0.2) is 12.8 Å². The third-order valence-corrected chi connectivity index (χ3v) is 7.10. The van der Waals surface area contributed by atoms with Crippen LogP contribution in [0.25, 0.3) is 0 Å². The van der Waals surface area contributed by atoms with E-state index in [4.69, 9.17) is 0 Å². The van der Waals surface area contributed by atoms with Crippen molar-refractivity contribution in [3.63, 3.8) is 0 Å². The zero-order chi connectivity index (χ0) is 26.2. The van der Waals surface area contributed by atoms with Gasteiger partial charge in [-0.1, -0.05) is 36.8 Å². The molecule has 0 radical (unpaired) electrons. The van der Waals surface area contributed by atoms with Gasteiger partial charge in [0.25, 0.3) is 0 Å². The van der Waals surface area contributed by atoms with Gasteiger partial charge in [0.15, 0.2) is 0 Å². The van der Waals surface area contributed by atoms with Gasteiger partial charge in [0.2, 0.25) is 21.8 Å². The first-order chi connectivity index (χ1) is 16.4. The average Bonchev–Trinajstić information content (AvgIpc) is 2.80. The monoisotopic (exact) mass is 505 g/mol. The molecule has 0 aromatic heterocycles. The van der Waals surface area contributed by atoms with Crippen molar-refractivity contribution in [1.82, 2.24) is 10.2 Å². The van der Waals surface area contributed by atoms with Crippen LogP contribution >= 0.6 is 0 Å². The topological polar surface area (TPSA) is 86.8 Å². The van der Waals surface area contributed by atoms with Crippen LogP contribution < -0.4 is 9.62 Å². The molecule has 0 bridgehead atoms. The van der Waals surface area contributed by atoms with Crippen LogP contribution in [-0.4, -0.2) is 50.0 Å². The Morgan fingerprint density at radius 2 is 1.63 bits per heavy atom. The van der Waals surface area contributed by atoms with Crippen molar-refractivity contribution in [2.45, 2.75) is 65.6 Å². The van der Waals surface area contributed by atoms with Gasteiger partial charge in [-0.05, 0) is 63.4 Å². The van der Waals surface area contributed by atoms with Gasteiger partial charge in [-0.3, -0.25) is 13.9 Å². The molecule has 2 aromatic rings. The first-order valence-electron chi connectivity index (χ1n) is 11.8. The summed E-state index contributed by atoms with van der Waals surface area (Å²) in [5.41, 5.74) is 2.33. The number of halogens is 1. The van der Waals surface area contributed by atoms with Crippen molar-refractivity contribution in [3.05, 3.63) is 65.5 Å². The van der Waals surface area contributed by atoms with Crippen molar-refractivity contribution in [3.8, 4) is 0 Å². The Bertz CT molecular complexity index is 1090. The number of carbonyl (C=O) groups excluding carboxylic acids is 2. The number of rotatable bonds is 12. The molecular formula is C26H36FN3O4S. The number of nitrogens with zero attached hydrogens (tertiary/aromatic N) is 2. The fourth-order valence-electron chi connectivity index (χ4n) is 3.55. The first kappa shape index (κ1) is 28.3. The van der Waals surface area contributed by atoms with E-state index in [1.807, 2.05) is 45.0 Å². The summed E-state index contributed by atoms with van der Waals surface area (Å²) in [7, 11) is -3.63. The molecule has 0 fully saturated rings. The molecule has 2 rings (SSSR count).